The summed E-state index contributed by atoms with van der Waals surface area (Å²) in [7, 11) is 0. The lowest BCUT2D eigenvalue weighted by atomic mass is 10.1. The van der Waals surface area contributed by atoms with Crippen LogP contribution in [0.2, 0.25) is 0 Å². The Morgan fingerprint density at radius 1 is 1.42 bits per heavy atom. The van der Waals surface area contributed by atoms with Crippen molar-refractivity contribution < 1.29 is 4.79 Å². The fourth-order valence-electron chi connectivity index (χ4n) is 2.88. The highest BCUT2D eigenvalue weighted by Crippen LogP contribution is 2.29. The smallest absolute Gasteiger partial charge is 0.251 e. The van der Waals surface area contributed by atoms with Gasteiger partial charge in [-0.15, -0.1) is 0 Å². The molecule has 0 spiro atoms. The van der Waals surface area contributed by atoms with Crippen molar-refractivity contribution >= 4 is 5.91 Å². The van der Waals surface area contributed by atoms with E-state index in [1.807, 2.05) is 24.3 Å². The molecule has 0 saturated heterocycles. The van der Waals surface area contributed by atoms with E-state index in [4.69, 9.17) is 5.73 Å². The van der Waals surface area contributed by atoms with Crippen LogP contribution in [0.4, 0.5) is 0 Å². The van der Waals surface area contributed by atoms with E-state index in [0.717, 1.165) is 30.0 Å². The summed E-state index contributed by atoms with van der Waals surface area (Å²) >= 11 is 0. The Balaban J connectivity index is 1.87. The number of hydrogen-bond acceptors (Lipinski definition) is 2. The first-order valence-electron chi connectivity index (χ1n) is 7.26. The number of carbonyl (C=O) groups excluding carboxylic acids is 1. The number of nitrogens with one attached hydrogen (secondary N) is 1. The van der Waals surface area contributed by atoms with E-state index in [2.05, 4.69) is 12.2 Å². The number of hydrogen-bond donors (Lipinski definition) is 2. The fraction of sp³-hybridized carbons (Fsp3) is 0.562. The molecule has 104 valence electrons. The molecular formula is C16H24N2O. The van der Waals surface area contributed by atoms with Gasteiger partial charge in [0.1, 0.15) is 0 Å². The third kappa shape index (κ3) is 4.06. The van der Waals surface area contributed by atoms with Gasteiger partial charge in [-0.25, -0.2) is 0 Å². The average Bonchev–Trinajstić information content (AvgIpc) is 2.82. The summed E-state index contributed by atoms with van der Waals surface area (Å²) in [5.74, 6) is 1.51. The normalized spacial score (nSPS) is 22.4. The Kier molecular flexibility index (Phi) is 4.97. The maximum absolute atomic E-state index is 12.1. The maximum Gasteiger partial charge on any atom is 0.251 e. The minimum absolute atomic E-state index is 0.0402. The number of nitrogens with two attached hydrogens (primary N) is 1. The number of benzene rings is 1. The predicted molar refractivity (Wildman–Crippen MR) is 78.0 cm³/mol. The van der Waals surface area contributed by atoms with E-state index in [9.17, 15) is 4.79 Å². The first-order chi connectivity index (χ1) is 9.19. The molecule has 0 aromatic heterocycles. The molecule has 3 N–H and O–H groups in total. The van der Waals surface area contributed by atoms with Crippen molar-refractivity contribution in [1.82, 2.24) is 5.32 Å². The third-order valence-corrected chi connectivity index (χ3v) is 3.98. The molecule has 1 amide bonds. The molecule has 1 aliphatic carbocycles. The number of carbonyl (C=O) groups is 1. The lowest BCUT2D eigenvalue weighted by Crippen LogP contribution is -2.28. The van der Waals surface area contributed by atoms with Gasteiger partial charge in [0.25, 0.3) is 5.91 Å². The van der Waals surface area contributed by atoms with Crippen molar-refractivity contribution in [3.63, 3.8) is 0 Å². The lowest BCUT2D eigenvalue weighted by molar-refractivity contribution is 0.0947. The number of amides is 1. The minimum atomic E-state index is 0.0402. The van der Waals surface area contributed by atoms with Gasteiger partial charge in [0.15, 0.2) is 0 Å². The van der Waals surface area contributed by atoms with E-state index in [1.165, 1.54) is 19.3 Å². The molecule has 1 saturated carbocycles. The summed E-state index contributed by atoms with van der Waals surface area (Å²) in [6.07, 6.45) is 4.61. The first kappa shape index (κ1) is 14.1. The highest BCUT2D eigenvalue weighted by Gasteiger charge is 2.21. The zero-order chi connectivity index (χ0) is 13.7. The van der Waals surface area contributed by atoms with Gasteiger partial charge in [-0.3, -0.25) is 4.79 Å². The molecule has 2 unspecified atom stereocenters. The molecule has 19 heavy (non-hydrogen) atoms. The molecule has 1 fully saturated rings. The van der Waals surface area contributed by atoms with Crippen LogP contribution in [-0.4, -0.2) is 19.0 Å². The molecule has 3 nitrogen and oxygen atoms in total. The highest BCUT2D eigenvalue weighted by atomic mass is 16.1. The van der Waals surface area contributed by atoms with Crippen LogP contribution >= 0.6 is 0 Å². The van der Waals surface area contributed by atoms with Crippen molar-refractivity contribution in [3.8, 4) is 0 Å². The lowest BCUT2D eigenvalue weighted by Gasteiger charge is -2.11. The van der Waals surface area contributed by atoms with Crippen molar-refractivity contribution in [1.29, 1.82) is 0 Å². The molecule has 1 aromatic rings. The van der Waals surface area contributed by atoms with Crippen LogP contribution in [-0.2, 0) is 6.42 Å². The molecule has 3 heteroatoms. The summed E-state index contributed by atoms with van der Waals surface area (Å²) in [5, 5.41) is 3.06. The minimum Gasteiger partial charge on any atom is -0.352 e. The second kappa shape index (κ2) is 6.71. The first-order valence-corrected chi connectivity index (χ1v) is 7.26. The summed E-state index contributed by atoms with van der Waals surface area (Å²) < 4.78 is 0. The SMILES string of the molecule is CC1CCC(CNC(=O)c2cccc(CCN)c2)C1. The molecule has 2 atom stereocenters. The maximum atomic E-state index is 12.1. The Morgan fingerprint density at radius 3 is 2.95 bits per heavy atom. The van der Waals surface area contributed by atoms with Crippen molar-refractivity contribution in [3.05, 3.63) is 35.4 Å². The van der Waals surface area contributed by atoms with Gasteiger partial charge in [0.05, 0.1) is 0 Å². The third-order valence-electron chi connectivity index (χ3n) is 3.98. The van der Waals surface area contributed by atoms with Gasteiger partial charge in [-0.1, -0.05) is 25.5 Å². The molecule has 2 rings (SSSR count). The van der Waals surface area contributed by atoms with Gasteiger partial charge in [0.2, 0.25) is 0 Å². The summed E-state index contributed by atoms with van der Waals surface area (Å²) in [6, 6.07) is 7.76. The van der Waals surface area contributed by atoms with Crippen LogP contribution in [0.15, 0.2) is 24.3 Å². The zero-order valence-electron chi connectivity index (χ0n) is 11.7. The predicted octanol–water partition coefficient (Wildman–Crippen LogP) is 2.35. The monoisotopic (exact) mass is 260 g/mol. The summed E-state index contributed by atoms with van der Waals surface area (Å²) in [6.45, 7) is 3.72. The molecule has 1 aromatic carbocycles. The molecular weight excluding hydrogens is 236 g/mol. The number of rotatable bonds is 5. The van der Waals surface area contributed by atoms with Crippen LogP contribution in [0.1, 0.15) is 42.1 Å². The molecule has 0 aliphatic heterocycles. The van der Waals surface area contributed by atoms with Crippen molar-refractivity contribution in [2.75, 3.05) is 13.1 Å². The Morgan fingerprint density at radius 2 is 2.26 bits per heavy atom. The summed E-state index contributed by atoms with van der Waals surface area (Å²) in [5.41, 5.74) is 7.42. The van der Waals surface area contributed by atoms with E-state index >= 15 is 0 Å². The highest BCUT2D eigenvalue weighted by molar-refractivity contribution is 5.94. The molecule has 1 aliphatic rings. The van der Waals surface area contributed by atoms with Crippen LogP contribution in [0.5, 0.6) is 0 Å². The largest absolute Gasteiger partial charge is 0.352 e. The van der Waals surface area contributed by atoms with Gasteiger partial charge >= 0.3 is 0 Å². The van der Waals surface area contributed by atoms with Crippen LogP contribution in [0, 0.1) is 11.8 Å². The Bertz CT molecular complexity index is 431. The average molecular weight is 260 g/mol. The van der Waals surface area contributed by atoms with Gasteiger partial charge in [-0.05, 0) is 55.3 Å². The topological polar surface area (TPSA) is 55.1 Å². The second-order valence-corrected chi connectivity index (χ2v) is 5.73. The standard InChI is InChI=1S/C16H24N2O/c1-12-5-6-14(9-12)11-18-16(19)15-4-2-3-13(10-15)7-8-17/h2-4,10,12,14H,5-9,11,17H2,1H3,(H,18,19). The molecule has 0 heterocycles. The van der Waals surface area contributed by atoms with E-state index in [-0.39, 0.29) is 5.91 Å². The van der Waals surface area contributed by atoms with Crippen LogP contribution < -0.4 is 11.1 Å². The van der Waals surface area contributed by atoms with Gasteiger partial charge < -0.3 is 11.1 Å². The summed E-state index contributed by atoms with van der Waals surface area (Å²) in [4.78, 5) is 12.1. The van der Waals surface area contributed by atoms with E-state index in [0.29, 0.717) is 12.5 Å². The Labute approximate surface area is 115 Å². The fourth-order valence-corrected chi connectivity index (χ4v) is 2.88. The van der Waals surface area contributed by atoms with E-state index in [1.54, 1.807) is 0 Å². The second-order valence-electron chi connectivity index (χ2n) is 5.73. The van der Waals surface area contributed by atoms with Gasteiger partial charge in [-0.2, -0.15) is 0 Å². The van der Waals surface area contributed by atoms with Crippen LogP contribution in [0.25, 0.3) is 0 Å². The van der Waals surface area contributed by atoms with E-state index < -0.39 is 0 Å². The van der Waals surface area contributed by atoms with Crippen molar-refractivity contribution in [2.45, 2.75) is 32.6 Å². The quantitative estimate of drug-likeness (QED) is 0.854. The van der Waals surface area contributed by atoms with Crippen molar-refractivity contribution in [2.24, 2.45) is 17.6 Å². The van der Waals surface area contributed by atoms with Crippen LogP contribution in [0.3, 0.4) is 0 Å². The molecule has 0 bridgehead atoms. The zero-order valence-corrected chi connectivity index (χ0v) is 11.7. The van der Waals surface area contributed by atoms with Gasteiger partial charge in [0, 0.05) is 12.1 Å². The Hall–Kier alpha value is -1.35. The molecule has 0 radical (unpaired) electrons.